The Morgan fingerprint density at radius 2 is 1.61 bits per heavy atom. The number of esters is 1. The molecule has 2 aliphatic rings. The molecule has 0 bridgehead atoms. The van der Waals surface area contributed by atoms with Crippen LogP contribution in [0.1, 0.15) is 80.1 Å². The SMILES string of the molecule is Cc1cccc(C(=O)OC2CCCCC2)c1.OC1CCCCC1. The molecule has 1 aromatic carbocycles. The Labute approximate surface area is 140 Å². The Morgan fingerprint density at radius 3 is 2.13 bits per heavy atom. The predicted octanol–water partition coefficient (Wildman–Crippen LogP) is 4.80. The fraction of sp³-hybridized carbons (Fsp3) is 0.650. The van der Waals surface area contributed by atoms with Gasteiger partial charge in [-0.05, 0) is 57.6 Å². The summed E-state index contributed by atoms with van der Waals surface area (Å²) in [5, 5.41) is 8.91. The number of aryl methyl sites for hydroxylation is 1. The lowest BCUT2D eigenvalue weighted by Gasteiger charge is -2.21. The number of aliphatic hydroxyl groups excluding tert-OH is 1. The summed E-state index contributed by atoms with van der Waals surface area (Å²) in [6.07, 6.45) is 11.8. The van der Waals surface area contributed by atoms with Crippen LogP contribution in [0.2, 0.25) is 0 Å². The summed E-state index contributed by atoms with van der Waals surface area (Å²) in [5.41, 5.74) is 1.77. The lowest BCUT2D eigenvalue weighted by Crippen LogP contribution is -2.20. The first kappa shape index (κ1) is 18.0. The first-order valence-electron chi connectivity index (χ1n) is 9.11. The summed E-state index contributed by atoms with van der Waals surface area (Å²) in [6, 6.07) is 7.58. The Bertz CT molecular complexity index is 472. The molecule has 3 nitrogen and oxygen atoms in total. The zero-order valence-electron chi connectivity index (χ0n) is 14.3. The number of benzene rings is 1. The molecule has 0 saturated heterocycles. The Hall–Kier alpha value is -1.35. The molecule has 0 aliphatic heterocycles. The highest BCUT2D eigenvalue weighted by atomic mass is 16.5. The molecule has 23 heavy (non-hydrogen) atoms. The van der Waals surface area contributed by atoms with Crippen molar-refractivity contribution in [2.75, 3.05) is 0 Å². The molecule has 2 fully saturated rings. The minimum absolute atomic E-state index is 0.0359. The number of carbonyl (C=O) groups is 1. The third kappa shape index (κ3) is 6.74. The number of aliphatic hydroxyl groups is 1. The van der Waals surface area contributed by atoms with Crippen LogP contribution in [0.15, 0.2) is 24.3 Å². The molecule has 0 spiro atoms. The van der Waals surface area contributed by atoms with Gasteiger partial charge in [-0.3, -0.25) is 0 Å². The number of rotatable bonds is 2. The molecular formula is C20H30O3. The van der Waals surface area contributed by atoms with Gasteiger partial charge in [0, 0.05) is 0 Å². The Balaban J connectivity index is 0.000000229. The van der Waals surface area contributed by atoms with Crippen LogP contribution in [0.4, 0.5) is 0 Å². The number of ether oxygens (including phenoxy) is 1. The normalized spacial score (nSPS) is 19.6. The van der Waals surface area contributed by atoms with Gasteiger partial charge in [-0.1, -0.05) is 43.4 Å². The van der Waals surface area contributed by atoms with Gasteiger partial charge in [0.25, 0.3) is 0 Å². The van der Waals surface area contributed by atoms with Crippen molar-refractivity contribution < 1.29 is 14.6 Å². The molecule has 0 unspecified atom stereocenters. The molecule has 2 saturated carbocycles. The third-order valence-corrected chi connectivity index (χ3v) is 4.65. The monoisotopic (exact) mass is 318 g/mol. The second kappa shape index (κ2) is 9.71. The maximum Gasteiger partial charge on any atom is 0.338 e. The average Bonchev–Trinajstić information content (AvgIpc) is 2.57. The minimum atomic E-state index is -0.171. The number of hydrogen-bond acceptors (Lipinski definition) is 3. The van der Waals surface area contributed by atoms with Crippen molar-refractivity contribution in [2.24, 2.45) is 0 Å². The maximum atomic E-state index is 11.8. The molecule has 0 amide bonds. The highest BCUT2D eigenvalue weighted by Gasteiger charge is 2.18. The van der Waals surface area contributed by atoms with Crippen molar-refractivity contribution in [3.8, 4) is 0 Å². The molecular weight excluding hydrogens is 288 g/mol. The van der Waals surface area contributed by atoms with Gasteiger partial charge in [0.15, 0.2) is 0 Å². The highest BCUT2D eigenvalue weighted by molar-refractivity contribution is 5.89. The molecule has 0 atom stereocenters. The van der Waals surface area contributed by atoms with Gasteiger partial charge in [0.05, 0.1) is 11.7 Å². The molecule has 3 heteroatoms. The quantitative estimate of drug-likeness (QED) is 0.797. The second-order valence-corrected chi connectivity index (χ2v) is 6.83. The lowest BCUT2D eigenvalue weighted by atomic mass is 9.98. The van der Waals surface area contributed by atoms with E-state index < -0.39 is 0 Å². The predicted molar refractivity (Wildman–Crippen MR) is 92.6 cm³/mol. The molecule has 0 radical (unpaired) electrons. The molecule has 0 aromatic heterocycles. The molecule has 3 rings (SSSR count). The largest absolute Gasteiger partial charge is 0.459 e. The van der Waals surface area contributed by atoms with Crippen LogP contribution < -0.4 is 0 Å². The van der Waals surface area contributed by atoms with E-state index >= 15 is 0 Å². The van der Waals surface area contributed by atoms with Crippen molar-refractivity contribution >= 4 is 5.97 Å². The van der Waals surface area contributed by atoms with Crippen LogP contribution in [0.5, 0.6) is 0 Å². The third-order valence-electron chi connectivity index (χ3n) is 4.65. The summed E-state index contributed by atoms with van der Waals surface area (Å²) in [5.74, 6) is -0.171. The van der Waals surface area contributed by atoms with Crippen molar-refractivity contribution in [3.05, 3.63) is 35.4 Å². The smallest absolute Gasteiger partial charge is 0.338 e. The maximum absolute atomic E-state index is 11.8. The van der Waals surface area contributed by atoms with Crippen LogP contribution in [-0.4, -0.2) is 23.3 Å². The summed E-state index contributed by atoms with van der Waals surface area (Å²) in [4.78, 5) is 11.8. The lowest BCUT2D eigenvalue weighted by molar-refractivity contribution is 0.0211. The van der Waals surface area contributed by atoms with E-state index in [1.165, 1.54) is 38.5 Å². The van der Waals surface area contributed by atoms with E-state index in [9.17, 15) is 4.79 Å². The van der Waals surface area contributed by atoms with Crippen LogP contribution in [0.3, 0.4) is 0 Å². The molecule has 2 aliphatic carbocycles. The first-order chi connectivity index (χ1) is 11.1. The van der Waals surface area contributed by atoms with Gasteiger partial charge < -0.3 is 9.84 Å². The molecule has 0 heterocycles. The van der Waals surface area contributed by atoms with Crippen LogP contribution in [0.25, 0.3) is 0 Å². The molecule has 1 N–H and O–H groups in total. The van der Waals surface area contributed by atoms with E-state index in [0.717, 1.165) is 31.2 Å². The second-order valence-electron chi connectivity index (χ2n) is 6.83. The minimum Gasteiger partial charge on any atom is -0.459 e. The van der Waals surface area contributed by atoms with E-state index in [0.29, 0.717) is 5.56 Å². The number of hydrogen-bond donors (Lipinski definition) is 1. The topological polar surface area (TPSA) is 46.5 Å². The summed E-state index contributed by atoms with van der Waals surface area (Å²) < 4.78 is 5.49. The van der Waals surface area contributed by atoms with E-state index in [-0.39, 0.29) is 18.2 Å². The number of carbonyl (C=O) groups excluding carboxylic acids is 1. The van der Waals surface area contributed by atoms with Crippen molar-refractivity contribution in [1.82, 2.24) is 0 Å². The zero-order valence-corrected chi connectivity index (χ0v) is 14.3. The standard InChI is InChI=1S/C14H18O2.C6H12O/c1-11-6-5-7-12(10-11)14(15)16-13-8-3-2-4-9-13;7-6-4-2-1-3-5-6/h5-7,10,13H,2-4,8-9H2,1H3;6-7H,1-5H2. The van der Waals surface area contributed by atoms with Gasteiger partial charge in [-0.15, -0.1) is 0 Å². The Kier molecular flexibility index (Phi) is 7.60. The van der Waals surface area contributed by atoms with Crippen molar-refractivity contribution in [3.63, 3.8) is 0 Å². The van der Waals surface area contributed by atoms with Crippen molar-refractivity contribution in [1.29, 1.82) is 0 Å². The highest BCUT2D eigenvalue weighted by Crippen LogP contribution is 2.21. The van der Waals surface area contributed by atoms with E-state index in [4.69, 9.17) is 9.84 Å². The van der Waals surface area contributed by atoms with Gasteiger partial charge >= 0.3 is 5.97 Å². The average molecular weight is 318 g/mol. The summed E-state index contributed by atoms with van der Waals surface area (Å²) in [7, 11) is 0. The Morgan fingerprint density at radius 1 is 1.00 bits per heavy atom. The molecule has 128 valence electrons. The van der Waals surface area contributed by atoms with Crippen LogP contribution in [-0.2, 0) is 4.74 Å². The van der Waals surface area contributed by atoms with Gasteiger partial charge in [0.1, 0.15) is 6.10 Å². The van der Waals surface area contributed by atoms with E-state index in [1.807, 2.05) is 31.2 Å². The van der Waals surface area contributed by atoms with Crippen molar-refractivity contribution in [2.45, 2.75) is 83.3 Å². The summed E-state index contributed by atoms with van der Waals surface area (Å²) >= 11 is 0. The first-order valence-corrected chi connectivity index (χ1v) is 9.11. The van der Waals surface area contributed by atoms with E-state index in [2.05, 4.69) is 0 Å². The van der Waals surface area contributed by atoms with Gasteiger partial charge in [-0.25, -0.2) is 4.79 Å². The molecule has 1 aromatic rings. The van der Waals surface area contributed by atoms with Crippen LogP contribution in [0, 0.1) is 6.92 Å². The van der Waals surface area contributed by atoms with Crippen LogP contribution >= 0.6 is 0 Å². The fourth-order valence-corrected chi connectivity index (χ4v) is 3.26. The van der Waals surface area contributed by atoms with Gasteiger partial charge in [0.2, 0.25) is 0 Å². The van der Waals surface area contributed by atoms with E-state index in [1.54, 1.807) is 0 Å². The summed E-state index contributed by atoms with van der Waals surface area (Å²) in [6.45, 7) is 1.98. The van der Waals surface area contributed by atoms with Gasteiger partial charge in [-0.2, -0.15) is 0 Å². The zero-order chi connectivity index (χ0) is 16.5. The fourth-order valence-electron chi connectivity index (χ4n) is 3.26.